The Morgan fingerprint density at radius 2 is 1.89 bits per heavy atom. The lowest BCUT2D eigenvalue weighted by Gasteiger charge is -2.42. The summed E-state index contributed by atoms with van der Waals surface area (Å²) in [6.45, 7) is 4.19. The molecule has 0 radical (unpaired) electrons. The van der Waals surface area contributed by atoms with Gasteiger partial charge in [0.2, 0.25) is 5.95 Å². The second-order valence-electron chi connectivity index (χ2n) is 7.33. The third kappa shape index (κ3) is 3.93. The van der Waals surface area contributed by atoms with Crippen molar-refractivity contribution in [1.29, 1.82) is 0 Å². The molecular weight excluding hydrogens is 347 g/mol. The molecule has 1 aromatic heterocycles. The minimum Gasteiger partial charge on any atom is -0.379 e. The molecule has 2 aliphatic rings. The number of carbonyl (C=O) groups is 1. The predicted molar refractivity (Wildman–Crippen MR) is 99.0 cm³/mol. The molecule has 0 bridgehead atoms. The van der Waals surface area contributed by atoms with E-state index < -0.39 is 0 Å². The molecule has 4 rings (SSSR count). The van der Waals surface area contributed by atoms with E-state index in [1.165, 1.54) is 12.1 Å². The number of rotatable bonds is 2. The van der Waals surface area contributed by atoms with E-state index in [9.17, 15) is 9.18 Å². The van der Waals surface area contributed by atoms with Gasteiger partial charge in [-0.25, -0.2) is 14.4 Å². The number of anilines is 1. The average molecular weight is 370 g/mol. The maximum absolute atomic E-state index is 13.4. The van der Waals surface area contributed by atoms with E-state index in [1.54, 1.807) is 24.5 Å². The van der Waals surface area contributed by atoms with Crippen molar-refractivity contribution < 1.29 is 13.9 Å². The molecule has 0 unspecified atom stereocenters. The standard InChI is InChI=1S/C20H23FN4O2/c21-17-4-1-3-16(13-17)18(26)24-9-5-20(6-10-24)14-25(11-12-27-15-20)19-22-7-2-8-23-19/h1-4,7-8,13H,5-6,9-12,14-15H2. The van der Waals surface area contributed by atoms with Crippen molar-refractivity contribution in [3.8, 4) is 0 Å². The van der Waals surface area contributed by atoms with Crippen LogP contribution < -0.4 is 4.90 Å². The average Bonchev–Trinajstić information content (AvgIpc) is 2.91. The number of likely N-dealkylation sites (tertiary alicyclic amines) is 1. The zero-order valence-corrected chi connectivity index (χ0v) is 15.2. The maximum Gasteiger partial charge on any atom is 0.253 e. The molecule has 0 N–H and O–H groups in total. The van der Waals surface area contributed by atoms with Crippen molar-refractivity contribution in [3.63, 3.8) is 0 Å². The van der Waals surface area contributed by atoms with Crippen molar-refractivity contribution in [1.82, 2.24) is 14.9 Å². The summed E-state index contributed by atoms with van der Waals surface area (Å²) in [5.41, 5.74) is 0.386. The van der Waals surface area contributed by atoms with Gasteiger partial charge in [-0.05, 0) is 37.1 Å². The Morgan fingerprint density at radius 3 is 2.63 bits per heavy atom. The molecule has 1 amide bonds. The zero-order valence-electron chi connectivity index (χ0n) is 15.2. The minimum absolute atomic E-state index is 0.0194. The van der Waals surface area contributed by atoms with Crippen molar-refractivity contribution >= 4 is 11.9 Å². The Bertz CT molecular complexity index is 794. The molecule has 2 fully saturated rings. The van der Waals surface area contributed by atoms with E-state index in [0.717, 1.165) is 31.9 Å². The number of carbonyl (C=O) groups excluding carboxylic acids is 1. The number of piperidine rings is 1. The number of amides is 1. The molecule has 2 aromatic rings. The SMILES string of the molecule is O=C(c1cccc(F)c1)N1CCC2(CC1)COCCN(c1ncccn1)C2. The van der Waals surface area contributed by atoms with E-state index in [1.807, 2.05) is 11.0 Å². The smallest absolute Gasteiger partial charge is 0.253 e. The van der Waals surface area contributed by atoms with E-state index in [2.05, 4.69) is 14.9 Å². The Morgan fingerprint density at radius 1 is 1.11 bits per heavy atom. The highest BCUT2D eigenvalue weighted by Gasteiger charge is 2.39. The molecule has 2 aliphatic heterocycles. The highest BCUT2D eigenvalue weighted by atomic mass is 19.1. The van der Waals surface area contributed by atoms with Crippen molar-refractivity contribution in [2.45, 2.75) is 12.8 Å². The molecule has 27 heavy (non-hydrogen) atoms. The first-order valence-electron chi connectivity index (χ1n) is 9.30. The zero-order chi connectivity index (χ0) is 18.7. The Balaban J connectivity index is 1.44. The summed E-state index contributed by atoms with van der Waals surface area (Å²) >= 11 is 0. The second kappa shape index (κ2) is 7.60. The van der Waals surface area contributed by atoms with Crippen molar-refractivity contribution in [2.75, 3.05) is 44.3 Å². The first-order valence-corrected chi connectivity index (χ1v) is 9.30. The van der Waals surface area contributed by atoms with Gasteiger partial charge in [-0.15, -0.1) is 0 Å². The molecule has 0 atom stereocenters. The van der Waals surface area contributed by atoms with Crippen LogP contribution in [0.15, 0.2) is 42.7 Å². The third-order valence-electron chi connectivity index (χ3n) is 5.46. The summed E-state index contributed by atoms with van der Waals surface area (Å²) in [5, 5.41) is 0. The lowest BCUT2D eigenvalue weighted by Crippen LogP contribution is -2.49. The quantitative estimate of drug-likeness (QED) is 0.812. The lowest BCUT2D eigenvalue weighted by molar-refractivity contribution is 0.0207. The number of ether oxygens (including phenoxy) is 1. The van der Waals surface area contributed by atoms with Gasteiger partial charge in [-0.1, -0.05) is 6.07 Å². The topological polar surface area (TPSA) is 58.6 Å². The fourth-order valence-corrected chi connectivity index (χ4v) is 3.91. The van der Waals surface area contributed by atoms with Gasteiger partial charge in [0.1, 0.15) is 5.82 Å². The fraction of sp³-hybridized carbons (Fsp3) is 0.450. The Kier molecular flexibility index (Phi) is 5.03. The first kappa shape index (κ1) is 17.9. The summed E-state index contributed by atoms with van der Waals surface area (Å²) in [7, 11) is 0. The van der Waals surface area contributed by atoms with Gasteiger partial charge in [0.25, 0.3) is 5.91 Å². The van der Waals surface area contributed by atoms with Crippen LogP contribution in [0, 0.1) is 11.2 Å². The van der Waals surface area contributed by atoms with E-state index in [0.29, 0.717) is 31.9 Å². The second-order valence-corrected chi connectivity index (χ2v) is 7.33. The predicted octanol–water partition coefficient (Wildman–Crippen LogP) is 2.37. The molecule has 1 spiro atoms. The Labute approximate surface area is 158 Å². The summed E-state index contributed by atoms with van der Waals surface area (Å²) in [4.78, 5) is 25.4. The minimum atomic E-state index is -0.384. The number of aromatic nitrogens is 2. The van der Waals surface area contributed by atoms with Gasteiger partial charge in [-0.2, -0.15) is 0 Å². The number of halogens is 1. The number of hydrogen-bond donors (Lipinski definition) is 0. The maximum atomic E-state index is 13.4. The fourth-order valence-electron chi connectivity index (χ4n) is 3.91. The highest BCUT2D eigenvalue weighted by molar-refractivity contribution is 5.94. The van der Waals surface area contributed by atoms with Crippen molar-refractivity contribution in [2.24, 2.45) is 5.41 Å². The van der Waals surface area contributed by atoms with Gasteiger partial charge in [0, 0.05) is 49.6 Å². The molecule has 142 valence electrons. The summed E-state index contributed by atoms with van der Waals surface area (Å²) in [5.74, 6) is 0.229. The van der Waals surface area contributed by atoms with Gasteiger partial charge >= 0.3 is 0 Å². The molecule has 0 saturated carbocycles. The number of hydrogen-bond acceptors (Lipinski definition) is 5. The van der Waals surface area contributed by atoms with Gasteiger partial charge in [0.05, 0.1) is 13.2 Å². The van der Waals surface area contributed by atoms with E-state index >= 15 is 0 Å². The van der Waals surface area contributed by atoms with Crippen LogP contribution in [0.3, 0.4) is 0 Å². The molecule has 1 aromatic carbocycles. The summed E-state index contributed by atoms with van der Waals surface area (Å²) in [6, 6.07) is 7.70. The van der Waals surface area contributed by atoms with E-state index in [4.69, 9.17) is 4.74 Å². The van der Waals surface area contributed by atoms with Crippen LogP contribution >= 0.6 is 0 Å². The van der Waals surface area contributed by atoms with Gasteiger partial charge in [-0.3, -0.25) is 4.79 Å². The van der Waals surface area contributed by atoms with Crippen LogP contribution in [-0.2, 0) is 4.74 Å². The van der Waals surface area contributed by atoms with Crippen LogP contribution in [-0.4, -0.2) is 60.2 Å². The monoisotopic (exact) mass is 370 g/mol. The normalized spacial score (nSPS) is 19.7. The lowest BCUT2D eigenvalue weighted by atomic mass is 9.78. The van der Waals surface area contributed by atoms with Gasteiger partial charge in [0.15, 0.2) is 0 Å². The molecule has 0 aliphatic carbocycles. The van der Waals surface area contributed by atoms with Crippen LogP contribution in [0.1, 0.15) is 23.2 Å². The molecular formula is C20H23FN4O2. The molecule has 7 heteroatoms. The van der Waals surface area contributed by atoms with Crippen LogP contribution in [0.25, 0.3) is 0 Å². The van der Waals surface area contributed by atoms with Crippen molar-refractivity contribution in [3.05, 3.63) is 54.1 Å². The van der Waals surface area contributed by atoms with Crippen LogP contribution in [0.5, 0.6) is 0 Å². The summed E-state index contributed by atoms with van der Waals surface area (Å²) < 4.78 is 19.3. The number of benzene rings is 1. The molecule has 2 saturated heterocycles. The Hall–Kier alpha value is -2.54. The largest absolute Gasteiger partial charge is 0.379 e. The molecule has 6 nitrogen and oxygen atoms in total. The number of nitrogens with zero attached hydrogens (tertiary/aromatic N) is 4. The van der Waals surface area contributed by atoms with Crippen LogP contribution in [0.2, 0.25) is 0 Å². The van der Waals surface area contributed by atoms with Gasteiger partial charge < -0.3 is 14.5 Å². The first-order chi connectivity index (χ1) is 13.2. The summed E-state index contributed by atoms with van der Waals surface area (Å²) in [6.07, 6.45) is 5.19. The third-order valence-corrected chi connectivity index (χ3v) is 5.46. The van der Waals surface area contributed by atoms with E-state index in [-0.39, 0.29) is 17.1 Å². The highest BCUT2D eigenvalue weighted by Crippen LogP contribution is 2.35. The van der Waals surface area contributed by atoms with Crippen LogP contribution in [0.4, 0.5) is 10.3 Å². The molecule has 3 heterocycles.